The van der Waals surface area contributed by atoms with Crippen LogP contribution in [0.2, 0.25) is 0 Å². The summed E-state index contributed by atoms with van der Waals surface area (Å²) in [5.74, 6) is 0. The molecule has 5 aliphatic carbocycles. The average Bonchev–Trinajstić information content (AvgIpc) is 1.48. The van der Waals surface area contributed by atoms with Crippen LogP contribution in [0.15, 0.2) is 282 Å². The Bertz CT molecular complexity index is 5430. The van der Waals surface area contributed by atoms with E-state index in [1.165, 1.54) is 122 Å². The van der Waals surface area contributed by atoms with Crippen molar-refractivity contribution >= 4 is 60.9 Å². The Morgan fingerprint density at radius 2 is 0.686 bits per heavy atom. The first kappa shape index (κ1) is 46.7. The van der Waals surface area contributed by atoms with Crippen LogP contribution < -0.4 is 4.90 Å². The first-order valence-electron chi connectivity index (χ1n) is 30.2. The molecule has 15 aromatic rings. The lowest BCUT2D eigenvalue weighted by Gasteiger charge is -2.38. The Morgan fingerprint density at radius 1 is 0.279 bits per heavy atom. The van der Waals surface area contributed by atoms with Gasteiger partial charge in [-0.1, -0.05) is 232 Å². The van der Waals surface area contributed by atoms with Crippen molar-refractivity contribution in [1.82, 2.24) is 0 Å². The minimum atomic E-state index is -0.773. The van der Waals surface area contributed by atoms with E-state index >= 15 is 0 Å². The number of hydrogen-bond donors (Lipinski definition) is 0. The summed E-state index contributed by atoms with van der Waals surface area (Å²) in [5.41, 5.74) is 32.9. The van der Waals surface area contributed by atoms with Crippen LogP contribution in [-0.2, 0) is 16.2 Å². The molecular weight excluding hydrogens is 1040 g/mol. The van der Waals surface area contributed by atoms with Crippen molar-refractivity contribution in [2.24, 2.45) is 0 Å². The molecular formula is C83H51NO2. The Balaban J connectivity index is 0.897. The van der Waals surface area contributed by atoms with Crippen molar-refractivity contribution in [3.05, 3.63) is 329 Å². The van der Waals surface area contributed by atoms with Gasteiger partial charge in [-0.2, -0.15) is 0 Å². The Kier molecular flexibility index (Phi) is 8.87. The summed E-state index contributed by atoms with van der Waals surface area (Å²) in [6, 6.07) is 102. The molecule has 0 saturated heterocycles. The minimum Gasteiger partial charge on any atom is -0.455 e. The maximum Gasteiger partial charge on any atom is 0.144 e. The van der Waals surface area contributed by atoms with Gasteiger partial charge in [-0.05, 0) is 166 Å². The summed E-state index contributed by atoms with van der Waals surface area (Å²) in [6.45, 7) is 4.82. The Labute approximate surface area is 497 Å². The molecule has 0 unspecified atom stereocenters. The van der Waals surface area contributed by atoms with Gasteiger partial charge in [-0.15, -0.1) is 0 Å². The second kappa shape index (κ2) is 16.3. The zero-order valence-electron chi connectivity index (χ0n) is 47.2. The van der Waals surface area contributed by atoms with Gasteiger partial charge in [-0.3, -0.25) is 0 Å². The first-order valence-corrected chi connectivity index (χ1v) is 30.2. The average molecular weight is 1090 g/mol. The highest BCUT2D eigenvalue weighted by Crippen LogP contribution is 2.73. The highest BCUT2D eigenvalue weighted by atomic mass is 16.3. The quantitative estimate of drug-likeness (QED) is 0.176. The maximum absolute atomic E-state index is 7.47. The lowest BCUT2D eigenvalue weighted by atomic mass is 9.62. The second-order valence-electron chi connectivity index (χ2n) is 24.8. The van der Waals surface area contributed by atoms with E-state index in [0.717, 1.165) is 61.3 Å². The molecule has 0 saturated carbocycles. The van der Waals surface area contributed by atoms with Crippen LogP contribution in [-0.4, -0.2) is 0 Å². The van der Waals surface area contributed by atoms with Crippen molar-refractivity contribution in [3.8, 4) is 66.8 Å². The van der Waals surface area contributed by atoms with E-state index < -0.39 is 10.8 Å². The number of hydrogen-bond acceptors (Lipinski definition) is 3. The van der Waals surface area contributed by atoms with Crippen molar-refractivity contribution in [3.63, 3.8) is 0 Å². The fourth-order valence-electron chi connectivity index (χ4n) is 17.4. The van der Waals surface area contributed by atoms with Gasteiger partial charge >= 0.3 is 0 Å². The molecule has 86 heavy (non-hydrogen) atoms. The molecule has 2 spiro atoms. The van der Waals surface area contributed by atoms with Gasteiger partial charge in [0, 0.05) is 55.1 Å². The molecule has 0 bridgehead atoms. The van der Waals surface area contributed by atoms with Gasteiger partial charge < -0.3 is 13.7 Å². The van der Waals surface area contributed by atoms with Gasteiger partial charge in [-0.25, -0.2) is 0 Å². The van der Waals surface area contributed by atoms with Crippen LogP contribution in [0.3, 0.4) is 0 Å². The summed E-state index contributed by atoms with van der Waals surface area (Å²) < 4.78 is 14.4. The number of anilines is 3. The summed E-state index contributed by atoms with van der Waals surface area (Å²) >= 11 is 0. The fraction of sp³-hybridized carbons (Fsp3) is 0.0602. The van der Waals surface area contributed by atoms with Crippen LogP contribution in [0.5, 0.6) is 0 Å². The lowest BCUT2D eigenvalue weighted by Crippen LogP contribution is -2.33. The topological polar surface area (TPSA) is 29.5 Å². The molecule has 20 rings (SSSR count). The molecule has 0 fully saturated rings. The fourth-order valence-corrected chi connectivity index (χ4v) is 17.4. The van der Waals surface area contributed by atoms with Crippen LogP contribution in [0.4, 0.5) is 17.1 Å². The van der Waals surface area contributed by atoms with Crippen LogP contribution in [0.1, 0.15) is 69.5 Å². The number of fused-ring (bicyclic) bond motifs is 33. The van der Waals surface area contributed by atoms with Gasteiger partial charge in [0.15, 0.2) is 0 Å². The second-order valence-corrected chi connectivity index (χ2v) is 24.8. The van der Waals surface area contributed by atoms with E-state index in [4.69, 9.17) is 8.83 Å². The number of para-hydroxylation sites is 3. The predicted octanol–water partition coefficient (Wildman–Crippen LogP) is 21.6. The smallest absolute Gasteiger partial charge is 0.144 e. The third kappa shape index (κ3) is 5.48. The highest BCUT2D eigenvalue weighted by molar-refractivity contribution is 6.23. The van der Waals surface area contributed by atoms with Gasteiger partial charge in [0.1, 0.15) is 22.3 Å². The van der Waals surface area contributed by atoms with E-state index in [9.17, 15) is 0 Å². The largest absolute Gasteiger partial charge is 0.455 e. The summed E-state index contributed by atoms with van der Waals surface area (Å²) in [6.07, 6.45) is 0. The molecule has 0 aliphatic heterocycles. The van der Waals surface area contributed by atoms with Crippen molar-refractivity contribution < 1.29 is 8.83 Å². The van der Waals surface area contributed by atoms with Crippen LogP contribution >= 0.6 is 0 Å². The van der Waals surface area contributed by atoms with Crippen molar-refractivity contribution in [2.75, 3.05) is 4.90 Å². The van der Waals surface area contributed by atoms with Crippen molar-refractivity contribution in [2.45, 2.75) is 30.1 Å². The minimum absolute atomic E-state index is 0.357. The van der Waals surface area contributed by atoms with Gasteiger partial charge in [0.05, 0.1) is 10.8 Å². The molecule has 400 valence electrons. The molecule has 0 atom stereocenters. The SMILES string of the molecule is CC1(C)c2cc(N(c3ccccc3)c3ccc4c(c3)C3(c5ccccc5-c5ccccc53)c3c5c(c6oc7ccccc7c6c3-4)-c3ccccc3C53c4ccccc4-c4ccccc43)ccc2-c2c1cc(-c1ccccc1)c1oc3ccccc3c21. The third-order valence-corrected chi connectivity index (χ3v) is 20.6. The van der Waals surface area contributed by atoms with E-state index in [1.807, 2.05) is 0 Å². The molecule has 2 aromatic heterocycles. The van der Waals surface area contributed by atoms with Gasteiger partial charge in [0.25, 0.3) is 0 Å². The third-order valence-electron chi connectivity index (χ3n) is 20.6. The van der Waals surface area contributed by atoms with Gasteiger partial charge in [0.2, 0.25) is 0 Å². The monoisotopic (exact) mass is 1090 g/mol. The molecule has 5 aliphatic rings. The van der Waals surface area contributed by atoms with Crippen LogP contribution in [0, 0.1) is 0 Å². The van der Waals surface area contributed by atoms with Crippen LogP contribution in [0.25, 0.3) is 111 Å². The summed E-state index contributed by atoms with van der Waals surface area (Å²) in [7, 11) is 0. The van der Waals surface area contributed by atoms with E-state index in [0.29, 0.717) is 0 Å². The lowest BCUT2D eigenvalue weighted by molar-refractivity contribution is 0.657. The molecule has 0 amide bonds. The zero-order chi connectivity index (χ0) is 56.4. The molecule has 13 aromatic carbocycles. The number of furan rings is 2. The summed E-state index contributed by atoms with van der Waals surface area (Å²) in [4.78, 5) is 2.51. The molecule has 2 heterocycles. The molecule has 3 nitrogen and oxygen atoms in total. The zero-order valence-corrected chi connectivity index (χ0v) is 47.2. The molecule has 3 heteroatoms. The van der Waals surface area contributed by atoms with E-state index in [2.05, 4.69) is 292 Å². The van der Waals surface area contributed by atoms with E-state index in [1.54, 1.807) is 0 Å². The Morgan fingerprint density at radius 3 is 1.26 bits per heavy atom. The molecule has 0 radical (unpaired) electrons. The molecule has 0 N–H and O–H groups in total. The normalized spacial score (nSPS) is 14.9. The number of nitrogens with zero attached hydrogens (tertiary/aromatic N) is 1. The number of rotatable bonds is 4. The standard InChI is InChI=1S/C83H51NO2/c1-81(2)67-45-50(41-43-57(67)72-69(81)47-61(48-23-5-3-6-24-48)79-74(72)59-32-14-21-39-70(59)85-79)84(49-25-7-4-8-26-49)51-42-44-58-68(46-51)83(64-36-18-11-29-54(64)55-30-12-19-37-65(55)83)77-73(58)75-60-33-15-22-40-71(60)86-80(75)76-56-31-13-20-38-66(56)82(78(76)77)62-34-16-9-27-52(62)53-28-10-17-35-63(53)82/h3-47H,1-2H3. The highest BCUT2D eigenvalue weighted by Gasteiger charge is 2.61. The Hall–Kier alpha value is -10.7. The maximum atomic E-state index is 7.47. The number of benzene rings is 13. The van der Waals surface area contributed by atoms with Crippen molar-refractivity contribution in [1.29, 1.82) is 0 Å². The predicted molar refractivity (Wildman–Crippen MR) is 351 cm³/mol. The van der Waals surface area contributed by atoms with E-state index in [-0.39, 0.29) is 5.41 Å². The summed E-state index contributed by atoms with van der Waals surface area (Å²) in [5, 5.41) is 4.62. The first-order chi connectivity index (χ1) is 42.5.